The quantitative estimate of drug-likeness (QED) is 0.218. The van der Waals surface area contributed by atoms with Crippen molar-refractivity contribution in [1.29, 1.82) is 0 Å². The van der Waals surface area contributed by atoms with E-state index < -0.39 is 18.0 Å². The van der Waals surface area contributed by atoms with Gasteiger partial charge in [0.05, 0.1) is 6.61 Å². The molecule has 3 aromatic carbocycles. The lowest BCUT2D eigenvalue weighted by molar-refractivity contribution is -0.145. The number of piperidine rings is 1. The molecule has 3 aromatic rings. The molecule has 42 heavy (non-hydrogen) atoms. The van der Waals surface area contributed by atoms with Crippen LogP contribution in [0.1, 0.15) is 72.8 Å². The zero-order chi connectivity index (χ0) is 29.5. The molecule has 1 heterocycles. The van der Waals surface area contributed by atoms with Crippen molar-refractivity contribution in [2.24, 2.45) is 0 Å². The van der Waals surface area contributed by atoms with E-state index in [0.29, 0.717) is 39.0 Å². The van der Waals surface area contributed by atoms with Gasteiger partial charge in [-0.05, 0) is 91.8 Å². The third kappa shape index (κ3) is 6.96. The van der Waals surface area contributed by atoms with Gasteiger partial charge in [-0.1, -0.05) is 55.0 Å². The lowest BCUT2D eigenvalue weighted by Gasteiger charge is -2.34. The Bertz CT molecular complexity index is 1400. The molecule has 7 nitrogen and oxygen atoms in total. The lowest BCUT2D eigenvalue weighted by atomic mass is 9.96. The second kappa shape index (κ2) is 13.9. The van der Waals surface area contributed by atoms with Gasteiger partial charge in [0.15, 0.2) is 0 Å². The number of unbranched alkanes of at least 4 members (excludes halogenated alkanes) is 1. The first kappa shape index (κ1) is 29.6. The summed E-state index contributed by atoms with van der Waals surface area (Å²) in [5.74, 6) is -0.0222. The second-order valence-electron chi connectivity index (χ2n) is 11.4. The van der Waals surface area contributed by atoms with E-state index in [4.69, 9.17) is 14.6 Å². The Hall–Kier alpha value is -3.84. The highest BCUT2D eigenvalue weighted by Crippen LogP contribution is 2.41. The maximum absolute atomic E-state index is 12.0. The summed E-state index contributed by atoms with van der Waals surface area (Å²) in [5, 5.41) is 18.9. The third-order valence-corrected chi connectivity index (χ3v) is 8.66. The van der Waals surface area contributed by atoms with Crippen LogP contribution < -0.4 is 9.47 Å². The molecule has 2 N–H and O–H groups in total. The van der Waals surface area contributed by atoms with Crippen molar-refractivity contribution < 1.29 is 29.3 Å². The Morgan fingerprint density at radius 2 is 1.71 bits per heavy atom. The zero-order valence-corrected chi connectivity index (χ0v) is 24.4. The molecule has 1 unspecified atom stereocenters. The van der Waals surface area contributed by atoms with Gasteiger partial charge in [-0.15, -0.1) is 0 Å². The van der Waals surface area contributed by atoms with Gasteiger partial charge >= 0.3 is 11.9 Å². The molecule has 0 radical (unpaired) electrons. The normalized spacial score (nSPS) is 16.6. The first-order valence-corrected chi connectivity index (χ1v) is 15.2. The van der Waals surface area contributed by atoms with Crippen LogP contribution in [0.4, 0.5) is 0 Å². The van der Waals surface area contributed by atoms with E-state index in [0.717, 1.165) is 61.3 Å². The number of hydrogen-bond acceptors (Lipinski definition) is 5. The topological polar surface area (TPSA) is 96.3 Å². The highest BCUT2D eigenvalue weighted by Gasteiger charge is 2.32. The van der Waals surface area contributed by atoms with Crippen molar-refractivity contribution in [3.05, 3.63) is 82.4 Å². The van der Waals surface area contributed by atoms with E-state index >= 15 is 0 Å². The first-order valence-electron chi connectivity index (χ1n) is 15.2. The van der Waals surface area contributed by atoms with E-state index in [1.807, 2.05) is 12.1 Å². The average Bonchev–Trinajstić information content (AvgIpc) is 3.48. The minimum atomic E-state index is -0.805. The molecule has 5 rings (SSSR count). The molecule has 1 fully saturated rings. The molecule has 222 valence electrons. The van der Waals surface area contributed by atoms with Crippen LogP contribution in [0, 0.1) is 6.92 Å². The molecule has 0 bridgehead atoms. The van der Waals surface area contributed by atoms with Gasteiger partial charge in [-0.3, -0.25) is 14.5 Å². The van der Waals surface area contributed by atoms with Crippen molar-refractivity contribution in [2.45, 2.75) is 83.9 Å². The minimum Gasteiger partial charge on any atom is -0.493 e. The van der Waals surface area contributed by atoms with Gasteiger partial charge in [0.2, 0.25) is 0 Å². The van der Waals surface area contributed by atoms with Crippen molar-refractivity contribution in [3.8, 4) is 22.6 Å². The summed E-state index contributed by atoms with van der Waals surface area (Å²) in [5.41, 5.74) is 8.16. The number of fused-ring (bicyclic) bond motifs is 1. The molecule has 0 spiro atoms. The predicted octanol–water partition coefficient (Wildman–Crippen LogP) is 6.80. The number of hydrogen-bond donors (Lipinski definition) is 2. The van der Waals surface area contributed by atoms with E-state index in [1.165, 1.54) is 27.8 Å². The molecule has 0 saturated carbocycles. The predicted molar refractivity (Wildman–Crippen MR) is 162 cm³/mol. The van der Waals surface area contributed by atoms with E-state index in [9.17, 15) is 14.7 Å². The van der Waals surface area contributed by atoms with Crippen LogP contribution in [0.3, 0.4) is 0 Å². The Balaban J connectivity index is 1.42. The van der Waals surface area contributed by atoms with Crippen LogP contribution >= 0.6 is 0 Å². The van der Waals surface area contributed by atoms with Gasteiger partial charge in [0, 0.05) is 24.6 Å². The van der Waals surface area contributed by atoms with Gasteiger partial charge in [-0.2, -0.15) is 0 Å². The standard InChI is InChI=1S/C35H41NO6/c1-24-26(13-9-14-27(24)25-11-3-2-4-12-25)23-42-32-21-33(41-20-8-6-18-34(37)38)30(28-15-10-16-29(28)32)22-36-19-7-5-17-31(36)35(39)40/h2-4,9,11-14,21,31H,5-8,10,15-20,22-23H2,1H3,(H,37,38)(H,39,40). The smallest absolute Gasteiger partial charge is 0.320 e. The number of carboxylic acids is 2. The minimum absolute atomic E-state index is 0.115. The SMILES string of the molecule is Cc1c(COc2cc(OCCCCC(=O)O)c(CN3CCCCC3C(=O)O)c3c2CCC3)cccc1-c1ccccc1. The Morgan fingerprint density at radius 3 is 2.50 bits per heavy atom. The van der Waals surface area contributed by atoms with Gasteiger partial charge in [0.1, 0.15) is 24.1 Å². The van der Waals surface area contributed by atoms with Crippen LogP contribution in [0.5, 0.6) is 11.5 Å². The first-order chi connectivity index (χ1) is 20.4. The highest BCUT2D eigenvalue weighted by molar-refractivity contribution is 5.73. The second-order valence-corrected chi connectivity index (χ2v) is 11.4. The summed E-state index contributed by atoms with van der Waals surface area (Å²) in [6, 6.07) is 18.2. The maximum Gasteiger partial charge on any atom is 0.320 e. The van der Waals surface area contributed by atoms with Crippen LogP contribution in [0.2, 0.25) is 0 Å². The number of nitrogens with zero attached hydrogens (tertiary/aromatic N) is 1. The fourth-order valence-electron chi connectivity index (χ4n) is 6.37. The van der Waals surface area contributed by atoms with Gasteiger partial charge < -0.3 is 19.7 Å². The van der Waals surface area contributed by atoms with Crippen molar-refractivity contribution in [3.63, 3.8) is 0 Å². The number of aliphatic carboxylic acids is 2. The molecule has 0 amide bonds. The van der Waals surface area contributed by atoms with Crippen molar-refractivity contribution >= 4 is 11.9 Å². The molecule has 7 heteroatoms. The van der Waals surface area contributed by atoms with Crippen LogP contribution in [-0.2, 0) is 35.6 Å². The fraction of sp³-hybridized carbons (Fsp3) is 0.429. The number of ether oxygens (including phenoxy) is 2. The largest absolute Gasteiger partial charge is 0.493 e. The Kier molecular flexibility index (Phi) is 9.80. The molecule has 1 atom stereocenters. The van der Waals surface area contributed by atoms with Crippen LogP contribution in [0.15, 0.2) is 54.6 Å². The fourth-order valence-corrected chi connectivity index (χ4v) is 6.37. The Morgan fingerprint density at radius 1 is 0.905 bits per heavy atom. The third-order valence-electron chi connectivity index (χ3n) is 8.66. The molecule has 1 saturated heterocycles. The maximum atomic E-state index is 12.0. The summed E-state index contributed by atoms with van der Waals surface area (Å²) in [6.07, 6.45) is 6.71. The van der Waals surface area contributed by atoms with Crippen molar-refractivity contribution in [1.82, 2.24) is 4.90 Å². The lowest BCUT2D eigenvalue weighted by Crippen LogP contribution is -2.44. The number of carboxylic acid groups (broad SMARTS) is 2. The van der Waals surface area contributed by atoms with E-state index in [-0.39, 0.29) is 6.42 Å². The van der Waals surface area contributed by atoms with Crippen LogP contribution in [0.25, 0.3) is 11.1 Å². The molecule has 2 aliphatic rings. The summed E-state index contributed by atoms with van der Waals surface area (Å²) >= 11 is 0. The van der Waals surface area contributed by atoms with E-state index in [2.05, 4.69) is 54.3 Å². The average molecular weight is 572 g/mol. The number of benzene rings is 3. The van der Waals surface area contributed by atoms with Gasteiger partial charge in [-0.25, -0.2) is 0 Å². The summed E-state index contributed by atoms with van der Waals surface area (Å²) in [7, 11) is 0. The zero-order valence-electron chi connectivity index (χ0n) is 24.4. The summed E-state index contributed by atoms with van der Waals surface area (Å²) in [4.78, 5) is 25.1. The number of rotatable bonds is 13. The molecule has 1 aliphatic carbocycles. The van der Waals surface area contributed by atoms with E-state index in [1.54, 1.807) is 0 Å². The van der Waals surface area contributed by atoms with Crippen molar-refractivity contribution in [2.75, 3.05) is 13.2 Å². The monoisotopic (exact) mass is 571 g/mol. The van der Waals surface area contributed by atoms with Gasteiger partial charge in [0.25, 0.3) is 0 Å². The Labute approximate surface area is 248 Å². The molecule has 1 aliphatic heterocycles. The summed E-state index contributed by atoms with van der Waals surface area (Å²) in [6.45, 7) is 4.25. The molecular weight excluding hydrogens is 530 g/mol. The highest BCUT2D eigenvalue weighted by atomic mass is 16.5. The summed E-state index contributed by atoms with van der Waals surface area (Å²) < 4.78 is 12.9. The van der Waals surface area contributed by atoms with Crippen LogP contribution in [-0.4, -0.2) is 46.2 Å². The number of likely N-dealkylation sites (tertiary alicyclic amines) is 1. The number of carbonyl (C=O) groups is 2. The molecule has 0 aromatic heterocycles. The molecular formula is C35H41NO6.